The average molecular weight is 244 g/mol. The van der Waals surface area contributed by atoms with Crippen LogP contribution in [0, 0.1) is 0 Å². The van der Waals surface area contributed by atoms with Crippen molar-refractivity contribution in [1.29, 1.82) is 0 Å². The van der Waals surface area contributed by atoms with Gasteiger partial charge in [0, 0.05) is 12.6 Å². The van der Waals surface area contributed by atoms with Gasteiger partial charge in [0.1, 0.15) is 0 Å². The van der Waals surface area contributed by atoms with Crippen molar-refractivity contribution in [2.45, 2.75) is 51.1 Å². The number of nitrogens with one attached hydrogen (secondary N) is 2. The molecule has 2 nitrogen and oxygen atoms in total. The Morgan fingerprint density at radius 1 is 1.22 bits per heavy atom. The fourth-order valence-electron chi connectivity index (χ4n) is 3.39. The van der Waals surface area contributed by atoms with Crippen LogP contribution in [0.5, 0.6) is 0 Å². The summed E-state index contributed by atoms with van der Waals surface area (Å²) in [5.74, 6) is 0. The summed E-state index contributed by atoms with van der Waals surface area (Å²) in [5.41, 5.74) is 4.70. The Morgan fingerprint density at radius 2 is 2.11 bits per heavy atom. The van der Waals surface area contributed by atoms with Crippen molar-refractivity contribution >= 4 is 0 Å². The second-order valence-corrected chi connectivity index (χ2v) is 5.67. The standard InChI is InChI=1S/C16H24N2/c1-2-7-15(6-1)18-11-8-13-4-3-5-14-12-17-10-9-16(13)14/h3-5,15,17-18H,1-2,6-12H2. The van der Waals surface area contributed by atoms with Crippen LogP contribution in [0.4, 0.5) is 0 Å². The Balaban J connectivity index is 1.58. The van der Waals surface area contributed by atoms with Crippen LogP contribution in [0.15, 0.2) is 18.2 Å². The zero-order chi connectivity index (χ0) is 12.2. The highest BCUT2D eigenvalue weighted by molar-refractivity contribution is 5.37. The summed E-state index contributed by atoms with van der Waals surface area (Å²) in [4.78, 5) is 0. The summed E-state index contributed by atoms with van der Waals surface area (Å²) in [6, 6.07) is 7.61. The molecule has 0 atom stereocenters. The molecule has 98 valence electrons. The van der Waals surface area contributed by atoms with Crippen molar-refractivity contribution < 1.29 is 0 Å². The molecular formula is C16H24N2. The molecule has 1 fully saturated rings. The van der Waals surface area contributed by atoms with Gasteiger partial charge in [0.25, 0.3) is 0 Å². The Labute approximate surface area is 110 Å². The minimum atomic E-state index is 0.797. The number of benzene rings is 1. The molecule has 0 saturated heterocycles. The lowest BCUT2D eigenvalue weighted by molar-refractivity contribution is 0.526. The quantitative estimate of drug-likeness (QED) is 0.850. The summed E-state index contributed by atoms with van der Waals surface area (Å²) in [5, 5.41) is 7.17. The molecule has 0 unspecified atom stereocenters. The molecular weight excluding hydrogens is 220 g/mol. The fourth-order valence-corrected chi connectivity index (χ4v) is 3.39. The molecule has 1 heterocycles. The lowest BCUT2D eigenvalue weighted by Gasteiger charge is -2.21. The van der Waals surface area contributed by atoms with E-state index >= 15 is 0 Å². The van der Waals surface area contributed by atoms with Gasteiger partial charge in [0.05, 0.1) is 0 Å². The normalized spacial score (nSPS) is 20.0. The number of fused-ring (bicyclic) bond motifs is 1. The topological polar surface area (TPSA) is 24.1 Å². The van der Waals surface area contributed by atoms with Gasteiger partial charge in [-0.3, -0.25) is 0 Å². The molecule has 1 aromatic carbocycles. The van der Waals surface area contributed by atoms with Gasteiger partial charge in [-0.2, -0.15) is 0 Å². The Bertz CT molecular complexity index is 394. The van der Waals surface area contributed by atoms with Gasteiger partial charge < -0.3 is 10.6 Å². The van der Waals surface area contributed by atoms with Crippen LogP contribution in [-0.2, 0) is 19.4 Å². The number of rotatable bonds is 4. The molecule has 1 saturated carbocycles. The van der Waals surface area contributed by atoms with E-state index in [0.717, 1.165) is 25.7 Å². The van der Waals surface area contributed by atoms with Gasteiger partial charge >= 0.3 is 0 Å². The monoisotopic (exact) mass is 244 g/mol. The zero-order valence-corrected chi connectivity index (χ0v) is 11.2. The summed E-state index contributed by atoms with van der Waals surface area (Å²) < 4.78 is 0. The van der Waals surface area contributed by atoms with E-state index in [2.05, 4.69) is 28.8 Å². The van der Waals surface area contributed by atoms with Crippen molar-refractivity contribution in [2.24, 2.45) is 0 Å². The predicted molar refractivity (Wildman–Crippen MR) is 75.8 cm³/mol. The first-order valence-electron chi connectivity index (χ1n) is 7.47. The summed E-state index contributed by atoms with van der Waals surface area (Å²) in [7, 11) is 0. The third kappa shape index (κ3) is 2.76. The molecule has 0 amide bonds. The molecule has 2 heteroatoms. The number of hydrogen-bond acceptors (Lipinski definition) is 2. The molecule has 0 aromatic heterocycles. The van der Waals surface area contributed by atoms with Crippen molar-refractivity contribution in [3.8, 4) is 0 Å². The van der Waals surface area contributed by atoms with Crippen LogP contribution >= 0.6 is 0 Å². The molecule has 1 aromatic rings. The van der Waals surface area contributed by atoms with Crippen molar-refractivity contribution in [3.05, 3.63) is 34.9 Å². The minimum absolute atomic E-state index is 0.797. The van der Waals surface area contributed by atoms with Gasteiger partial charge in [-0.05, 0) is 55.5 Å². The Morgan fingerprint density at radius 3 is 3.00 bits per heavy atom. The third-order valence-electron chi connectivity index (χ3n) is 4.42. The SMILES string of the molecule is c1cc(CCNC2CCCC2)c2c(c1)CNCC2. The van der Waals surface area contributed by atoms with E-state index in [4.69, 9.17) is 0 Å². The van der Waals surface area contributed by atoms with E-state index in [-0.39, 0.29) is 0 Å². The second-order valence-electron chi connectivity index (χ2n) is 5.67. The Kier molecular flexibility index (Phi) is 3.96. The molecule has 1 aliphatic carbocycles. The summed E-state index contributed by atoms with van der Waals surface area (Å²) in [6.07, 6.45) is 8.01. The van der Waals surface area contributed by atoms with E-state index in [0.29, 0.717) is 0 Å². The van der Waals surface area contributed by atoms with Gasteiger partial charge in [-0.1, -0.05) is 31.0 Å². The third-order valence-corrected chi connectivity index (χ3v) is 4.42. The first-order chi connectivity index (χ1) is 8.93. The smallest absolute Gasteiger partial charge is 0.0208 e. The molecule has 0 bridgehead atoms. The predicted octanol–water partition coefficient (Wildman–Crippen LogP) is 2.41. The van der Waals surface area contributed by atoms with Crippen LogP contribution in [0.3, 0.4) is 0 Å². The van der Waals surface area contributed by atoms with E-state index < -0.39 is 0 Å². The molecule has 0 radical (unpaired) electrons. The molecule has 3 rings (SSSR count). The van der Waals surface area contributed by atoms with E-state index in [1.807, 2.05) is 0 Å². The van der Waals surface area contributed by atoms with Gasteiger partial charge in [-0.15, -0.1) is 0 Å². The Hall–Kier alpha value is -0.860. The largest absolute Gasteiger partial charge is 0.314 e. The van der Waals surface area contributed by atoms with Crippen LogP contribution in [-0.4, -0.2) is 19.1 Å². The van der Waals surface area contributed by atoms with E-state index in [9.17, 15) is 0 Å². The van der Waals surface area contributed by atoms with Crippen molar-refractivity contribution in [2.75, 3.05) is 13.1 Å². The maximum Gasteiger partial charge on any atom is 0.0208 e. The van der Waals surface area contributed by atoms with Crippen LogP contribution in [0.1, 0.15) is 42.4 Å². The first kappa shape index (κ1) is 12.2. The molecule has 1 aliphatic heterocycles. The van der Waals surface area contributed by atoms with Crippen LogP contribution in [0.2, 0.25) is 0 Å². The summed E-state index contributed by atoms with van der Waals surface area (Å²) in [6.45, 7) is 3.34. The van der Waals surface area contributed by atoms with E-state index in [1.165, 1.54) is 44.1 Å². The fraction of sp³-hybridized carbons (Fsp3) is 0.625. The second kappa shape index (κ2) is 5.85. The highest BCUT2D eigenvalue weighted by atomic mass is 14.9. The molecule has 2 N–H and O–H groups in total. The highest BCUT2D eigenvalue weighted by Crippen LogP contribution is 2.20. The maximum atomic E-state index is 3.72. The lowest BCUT2D eigenvalue weighted by atomic mass is 9.94. The summed E-state index contributed by atoms with van der Waals surface area (Å²) >= 11 is 0. The molecule has 0 spiro atoms. The van der Waals surface area contributed by atoms with Crippen LogP contribution in [0.25, 0.3) is 0 Å². The average Bonchev–Trinajstić information content (AvgIpc) is 2.92. The highest BCUT2D eigenvalue weighted by Gasteiger charge is 2.15. The van der Waals surface area contributed by atoms with Gasteiger partial charge in [-0.25, -0.2) is 0 Å². The van der Waals surface area contributed by atoms with Crippen LogP contribution < -0.4 is 10.6 Å². The molecule has 2 aliphatic rings. The zero-order valence-electron chi connectivity index (χ0n) is 11.2. The maximum absolute atomic E-state index is 3.72. The van der Waals surface area contributed by atoms with Crippen molar-refractivity contribution in [3.63, 3.8) is 0 Å². The number of hydrogen-bond donors (Lipinski definition) is 2. The van der Waals surface area contributed by atoms with Gasteiger partial charge in [0.15, 0.2) is 0 Å². The van der Waals surface area contributed by atoms with Gasteiger partial charge in [0.2, 0.25) is 0 Å². The molecule has 18 heavy (non-hydrogen) atoms. The minimum Gasteiger partial charge on any atom is -0.314 e. The lowest BCUT2D eigenvalue weighted by Crippen LogP contribution is -2.29. The van der Waals surface area contributed by atoms with E-state index in [1.54, 1.807) is 11.1 Å². The van der Waals surface area contributed by atoms with Crippen molar-refractivity contribution in [1.82, 2.24) is 10.6 Å². The first-order valence-corrected chi connectivity index (χ1v) is 7.47.